The first kappa shape index (κ1) is 17.7. The van der Waals surface area contributed by atoms with Gasteiger partial charge in [-0.25, -0.2) is 0 Å². The summed E-state index contributed by atoms with van der Waals surface area (Å²) in [6, 6.07) is 15.2. The first-order chi connectivity index (χ1) is 12.7. The maximum atomic E-state index is 5.43. The summed E-state index contributed by atoms with van der Waals surface area (Å²) in [6.45, 7) is 6.97. The van der Waals surface area contributed by atoms with Crippen LogP contribution in [0.4, 0.5) is 11.4 Å². The fraction of sp³-hybridized carbons (Fsp3) is 0.429. The van der Waals surface area contributed by atoms with E-state index in [1.807, 2.05) is 11.8 Å². The highest BCUT2D eigenvalue weighted by Gasteiger charge is 2.23. The van der Waals surface area contributed by atoms with Crippen molar-refractivity contribution in [2.45, 2.75) is 16.2 Å². The number of rotatable bonds is 5. The minimum Gasteiger partial charge on any atom is -0.497 e. The third-order valence-corrected chi connectivity index (χ3v) is 6.40. The highest BCUT2D eigenvalue weighted by atomic mass is 32.2. The van der Waals surface area contributed by atoms with Gasteiger partial charge in [-0.15, -0.1) is 0 Å². The quantitative estimate of drug-likeness (QED) is 0.793. The molecule has 5 heteroatoms. The second-order valence-electron chi connectivity index (χ2n) is 7.05. The minimum absolute atomic E-state index is 0.924. The van der Waals surface area contributed by atoms with Gasteiger partial charge < -0.3 is 19.4 Å². The van der Waals surface area contributed by atoms with Crippen LogP contribution in [-0.2, 0) is 0 Å². The van der Waals surface area contributed by atoms with Gasteiger partial charge in [-0.05, 0) is 50.3 Å². The van der Waals surface area contributed by atoms with Crippen LogP contribution in [0.15, 0.2) is 52.3 Å². The predicted octanol–water partition coefficient (Wildman–Crippen LogP) is 3.94. The summed E-state index contributed by atoms with van der Waals surface area (Å²) in [7, 11) is 3.95. The van der Waals surface area contributed by atoms with Gasteiger partial charge in [-0.3, -0.25) is 0 Å². The molecule has 0 bridgehead atoms. The summed E-state index contributed by atoms with van der Waals surface area (Å²) >= 11 is 1.84. The van der Waals surface area contributed by atoms with Crippen LogP contribution in [0, 0.1) is 0 Å². The van der Waals surface area contributed by atoms with Gasteiger partial charge >= 0.3 is 0 Å². The molecule has 0 N–H and O–H groups in total. The van der Waals surface area contributed by atoms with Crippen molar-refractivity contribution in [2.75, 3.05) is 58.3 Å². The summed E-state index contributed by atoms with van der Waals surface area (Å²) < 4.78 is 5.43. The number of likely N-dealkylation sites (N-methyl/N-ethyl adjacent to an activating group) is 1. The van der Waals surface area contributed by atoms with Gasteiger partial charge in [0.15, 0.2) is 0 Å². The Labute approximate surface area is 160 Å². The lowest BCUT2D eigenvalue weighted by molar-refractivity contribution is 0.153. The van der Waals surface area contributed by atoms with E-state index >= 15 is 0 Å². The number of para-hydroxylation sites is 1. The van der Waals surface area contributed by atoms with Gasteiger partial charge in [0.2, 0.25) is 0 Å². The molecule has 26 heavy (non-hydrogen) atoms. The Morgan fingerprint density at radius 3 is 2.50 bits per heavy atom. The number of hydrogen-bond donors (Lipinski definition) is 0. The van der Waals surface area contributed by atoms with Crippen LogP contribution < -0.4 is 9.64 Å². The molecule has 0 atom stereocenters. The average Bonchev–Trinajstić information content (AvgIpc) is 2.68. The number of benzene rings is 2. The summed E-state index contributed by atoms with van der Waals surface area (Å²) in [5, 5.41) is 0. The molecule has 138 valence electrons. The molecular formula is C21H27N3OS. The fourth-order valence-corrected chi connectivity index (χ4v) is 4.83. The Kier molecular flexibility index (Phi) is 5.38. The van der Waals surface area contributed by atoms with Crippen molar-refractivity contribution in [3.05, 3.63) is 42.5 Å². The first-order valence-electron chi connectivity index (χ1n) is 9.38. The molecule has 1 saturated heterocycles. The van der Waals surface area contributed by atoms with Gasteiger partial charge in [0, 0.05) is 42.5 Å². The largest absolute Gasteiger partial charge is 0.497 e. The molecule has 2 heterocycles. The van der Waals surface area contributed by atoms with Crippen molar-refractivity contribution in [1.82, 2.24) is 9.80 Å². The lowest BCUT2D eigenvalue weighted by Crippen LogP contribution is -2.45. The standard InChI is InChI=1S/C21H27N3OS/c1-22-12-14-23(15-13-22)10-5-11-24-18-6-3-4-7-20(18)26-21-16-17(25-2)8-9-19(21)24/h3-4,6-9,16H,5,10-15H2,1-2H3. The molecule has 4 rings (SSSR count). The van der Waals surface area contributed by atoms with E-state index in [2.05, 4.69) is 64.2 Å². The summed E-state index contributed by atoms with van der Waals surface area (Å²) in [4.78, 5) is 10.1. The molecule has 2 aliphatic heterocycles. The molecule has 2 aromatic rings. The Morgan fingerprint density at radius 1 is 0.923 bits per heavy atom. The Morgan fingerprint density at radius 2 is 1.69 bits per heavy atom. The Hall–Kier alpha value is -1.69. The highest BCUT2D eigenvalue weighted by molar-refractivity contribution is 7.99. The third kappa shape index (κ3) is 3.70. The van der Waals surface area contributed by atoms with Crippen LogP contribution in [0.5, 0.6) is 5.75 Å². The maximum Gasteiger partial charge on any atom is 0.120 e. The topological polar surface area (TPSA) is 19.0 Å². The number of ether oxygens (including phenoxy) is 1. The summed E-state index contributed by atoms with van der Waals surface area (Å²) in [5.74, 6) is 0.924. The van der Waals surface area contributed by atoms with Crippen molar-refractivity contribution in [3.8, 4) is 5.75 Å². The van der Waals surface area contributed by atoms with Crippen LogP contribution in [-0.4, -0.2) is 63.2 Å². The van der Waals surface area contributed by atoms with E-state index in [0.29, 0.717) is 0 Å². The monoisotopic (exact) mass is 369 g/mol. The summed E-state index contributed by atoms with van der Waals surface area (Å²) in [6.07, 6.45) is 1.17. The zero-order chi connectivity index (χ0) is 17.9. The van der Waals surface area contributed by atoms with Crippen LogP contribution >= 0.6 is 11.8 Å². The molecule has 0 unspecified atom stereocenters. The van der Waals surface area contributed by atoms with Crippen molar-refractivity contribution in [3.63, 3.8) is 0 Å². The second kappa shape index (κ2) is 7.91. The smallest absolute Gasteiger partial charge is 0.120 e. The molecule has 0 radical (unpaired) electrons. The summed E-state index contributed by atoms with van der Waals surface area (Å²) in [5.41, 5.74) is 2.63. The number of anilines is 2. The van der Waals surface area contributed by atoms with E-state index in [1.165, 1.54) is 60.3 Å². The van der Waals surface area contributed by atoms with Crippen molar-refractivity contribution in [1.29, 1.82) is 0 Å². The van der Waals surface area contributed by atoms with Gasteiger partial charge in [0.25, 0.3) is 0 Å². The maximum absolute atomic E-state index is 5.43. The van der Waals surface area contributed by atoms with Crippen molar-refractivity contribution >= 4 is 23.1 Å². The molecule has 0 aliphatic carbocycles. The number of nitrogens with zero attached hydrogens (tertiary/aromatic N) is 3. The normalized spacial score (nSPS) is 17.7. The number of piperazine rings is 1. The molecular weight excluding hydrogens is 342 g/mol. The van der Waals surface area contributed by atoms with Gasteiger partial charge in [-0.2, -0.15) is 0 Å². The first-order valence-corrected chi connectivity index (χ1v) is 10.2. The minimum atomic E-state index is 0.924. The number of methoxy groups -OCH3 is 1. The molecule has 2 aromatic carbocycles. The van der Waals surface area contributed by atoms with Gasteiger partial charge in [0.1, 0.15) is 5.75 Å². The molecule has 0 amide bonds. The molecule has 0 aromatic heterocycles. The SMILES string of the molecule is COc1ccc2c(c1)Sc1ccccc1N2CCCN1CCN(C)CC1. The molecule has 4 nitrogen and oxygen atoms in total. The molecule has 0 saturated carbocycles. The lowest BCUT2D eigenvalue weighted by Gasteiger charge is -2.35. The van der Waals surface area contributed by atoms with Gasteiger partial charge in [-0.1, -0.05) is 23.9 Å². The van der Waals surface area contributed by atoms with E-state index in [0.717, 1.165) is 12.3 Å². The lowest BCUT2D eigenvalue weighted by atomic mass is 10.2. The van der Waals surface area contributed by atoms with Crippen LogP contribution in [0.1, 0.15) is 6.42 Å². The molecule has 1 fully saturated rings. The highest BCUT2D eigenvalue weighted by Crippen LogP contribution is 2.48. The number of fused-ring (bicyclic) bond motifs is 2. The zero-order valence-electron chi connectivity index (χ0n) is 15.6. The van der Waals surface area contributed by atoms with E-state index in [4.69, 9.17) is 4.74 Å². The van der Waals surface area contributed by atoms with Crippen molar-refractivity contribution < 1.29 is 4.74 Å². The van der Waals surface area contributed by atoms with E-state index in [-0.39, 0.29) is 0 Å². The van der Waals surface area contributed by atoms with Crippen LogP contribution in [0.25, 0.3) is 0 Å². The molecule has 0 spiro atoms. The number of hydrogen-bond acceptors (Lipinski definition) is 5. The average molecular weight is 370 g/mol. The van der Waals surface area contributed by atoms with E-state index in [1.54, 1.807) is 7.11 Å². The van der Waals surface area contributed by atoms with Gasteiger partial charge in [0.05, 0.1) is 18.5 Å². The van der Waals surface area contributed by atoms with Crippen LogP contribution in [0.2, 0.25) is 0 Å². The van der Waals surface area contributed by atoms with Crippen LogP contribution in [0.3, 0.4) is 0 Å². The second-order valence-corrected chi connectivity index (χ2v) is 8.14. The van der Waals surface area contributed by atoms with E-state index in [9.17, 15) is 0 Å². The Balaban J connectivity index is 1.50. The third-order valence-electron chi connectivity index (χ3n) is 5.29. The Bertz CT molecular complexity index is 759. The predicted molar refractivity (Wildman–Crippen MR) is 109 cm³/mol. The molecule has 2 aliphatic rings. The fourth-order valence-electron chi connectivity index (χ4n) is 3.71. The zero-order valence-corrected chi connectivity index (χ0v) is 16.5. The van der Waals surface area contributed by atoms with Crippen molar-refractivity contribution in [2.24, 2.45) is 0 Å². The van der Waals surface area contributed by atoms with E-state index < -0.39 is 0 Å².